The smallest absolute Gasteiger partial charge is 0.314 e. The molecule has 24 heavy (non-hydrogen) atoms. The number of rotatable bonds is 3. The molecule has 0 aliphatic rings. The number of sulfonamides is 1. The van der Waals surface area contributed by atoms with Gasteiger partial charge in [0.05, 0.1) is 21.6 Å². The van der Waals surface area contributed by atoms with Crippen LogP contribution in [0.5, 0.6) is 0 Å². The lowest BCUT2D eigenvalue weighted by atomic mass is 10.3. The van der Waals surface area contributed by atoms with Crippen molar-refractivity contribution in [2.45, 2.75) is 4.90 Å². The largest absolute Gasteiger partial charge is 0.316 e. The van der Waals surface area contributed by atoms with E-state index in [1.807, 2.05) is 0 Å². The first-order valence-corrected chi connectivity index (χ1v) is 8.62. The first-order valence-electron chi connectivity index (χ1n) is 6.80. The molecule has 3 aromatic rings. The average Bonchev–Trinajstić information content (AvgIpc) is 2.55. The number of hydrogen-bond acceptors (Lipinski definition) is 4. The van der Waals surface area contributed by atoms with Gasteiger partial charge >= 0.3 is 11.1 Å². The highest BCUT2D eigenvalue weighted by Crippen LogP contribution is 2.24. The average molecular weight is 366 g/mol. The van der Waals surface area contributed by atoms with Gasteiger partial charge in [-0.1, -0.05) is 11.6 Å². The molecule has 0 amide bonds. The molecule has 0 fully saturated rings. The number of H-pyrrole nitrogens is 2. The molecule has 0 bridgehead atoms. The Kier molecular flexibility index (Phi) is 3.94. The van der Waals surface area contributed by atoms with Crippen molar-refractivity contribution in [2.75, 3.05) is 11.4 Å². The van der Waals surface area contributed by atoms with Gasteiger partial charge in [-0.25, -0.2) is 8.42 Å². The summed E-state index contributed by atoms with van der Waals surface area (Å²) in [6, 6.07) is 10.4. The van der Waals surface area contributed by atoms with E-state index >= 15 is 0 Å². The van der Waals surface area contributed by atoms with E-state index in [2.05, 4.69) is 9.97 Å². The first kappa shape index (κ1) is 16.3. The van der Waals surface area contributed by atoms with Crippen molar-refractivity contribution >= 4 is 38.3 Å². The second kappa shape index (κ2) is 5.81. The number of nitrogens with zero attached hydrogens (tertiary/aromatic N) is 1. The lowest BCUT2D eigenvalue weighted by Crippen LogP contribution is -2.29. The molecule has 0 saturated heterocycles. The van der Waals surface area contributed by atoms with E-state index in [1.54, 1.807) is 24.3 Å². The van der Waals surface area contributed by atoms with Gasteiger partial charge in [0.1, 0.15) is 0 Å². The second-order valence-electron chi connectivity index (χ2n) is 5.06. The van der Waals surface area contributed by atoms with Crippen LogP contribution in [0.3, 0.4) is 0 Å². The zero-order chi connectivity index (χ0) is 17.5. The van der Waals surface area contributed by atoms with Crippen LogP contribution in [0.25, 0.3) is 11.0 Å². The predicted octanol–water partition coefficient (Wildman–Crippen LogP) is 1.69. The maximum absolute atomic E-state index is 12.7. The summed E-state index contributed by atoms with van der Waals surface area (Å²) in [5, 5.41) is 0.497. The molecule has 124 valence electrons. The van der Waals surface area contributed by atoms with E-state index < -0.39 is 21.1 Å². The number of benzene rings is 2. The molecule has 0 spiro atoms. The maximum Gasteiger partial charge on any atom is 0.314 e. The number of halogens is 1. The van der Waals surface area contributed by atoms with Gasteiger partial charge in [0, 0.05) is 12.1 Å². The highest BCUT2D eigenvalue weighted by molar-refractivity contribution is 7.92. The summed E-state index contributed by atoms with van der Waals surface area (Å²) in [6.45, 7) is 0. The van der Waals surface area contributed by atoms with Crippen LogP contribution in [-0.2, 0) is 10.0 Å². The lowest BCUT2D eigenvalue weighted by molar-refractivity contribution is 0.594. The molecule has 1 aromatic heterocycles. The van der Waals surface area contributed by atoms with Crippen LogP contribution in [0, 0.1) is 0 Å². The molecule has 0 saturated carbocycles. The minimum atomic E-state index is -3.84. The first-order chi connectivity index (χ1) is 11.3. The molecule has 2 aromatic carbocycles. The third-order valence-corrected chi connectivity index (χ3v) is 5.58. The summed E-state index contributed by atoms with van der Waals surface area (Å²) < 4.78 is 26.6. The van der Waals surface area contributed by atoms with Gasteiger partial charge in [0.2, 0.25) is 0 Å². The minimum absolute atomic E-state index is 0.0184. The van der Waals surface area contributed by atoms with Crippen LogP contribution in [0.15, 0.2) is 56.9 Å². The summed E-state index contributed by atoms with van der Waals surface area (Å²) in [4.78, 5) is 27.4. The predicted molar refractivity (Wildman–Crippen MR) is 92.2 cm³/mol. The molecular formula is C15H12ClN3O4S. The number of aromatic nitrogens is 2. The Hall–Kier alpha value is -2.58. The van der Waals surface area contributed by atoms with Crippen molar-refractivity contribution in [3.8, 4) is 0 Å². The zero-order valence-corrected chi connectivity index (χ0v) is 14.0. The van der Waals surface area contributed by atoms with Gasteiger partial charge in [-0.05, 0) is 42.5 Å². The Morgan fingerprint density at radius 3 is 2.12 bits per heavy atom. The summed E-state index contributed by atoms with van der Waals surface area (Å²) >= 11 is 5.81. The Balaban J connectivity index is 2.10. The molecule has 0 aliphatic heterocycles. The molecule has 9 heteroatoms. The number of nitrogens with one attached hydrogen (secondary N) is 2. The maximum atomic E-state index is 12.7. The summed E-state index contributed by atoms with van der Waals surface area (Å²) in [6.07, 6.45) is 0. The molecule has 0 radical (unpaired) electrons. The van der Waals surface area contributed by atoms with E-state index in [1.165, 1.54) is 25.2 Å². The fraction of sp³-hybridized carbons (Fsp3) is 0.0667. The van der Waals surface area contributed by atoms with Gasteiger partial charge in [-0.2, -0.15) is 0 Å². The Bertz CT molecular complexity index is 1130. The molecule has 0 unspecified atom stereocenters. The molecule has 3 rings (SSSR count). The van der Waals surface area contributed by atoms with Crippen LogP contribution in [0.2, 0.25) is 5.02 Å². The van der Waals surface area contributed by atoms with Crippen molar-refractivity contribution in [1.29, 1.82) is 0 Å². The second-order valence-corrected chi connectivity index (χ2v) is 7.47. The normalized spacial score (nSPS) is 11.6. The SMILES string of the molecule is CN(c1ccc(Cl)cc1)S(=O)(=O)c1ccc2[nH]c(=O)c(=O)[nH]c2c1. The molecule has 7 nitrogen and oxygen atoms in total. The third kappa shape index (κ3) is 2.81. The van der Waals surface area contributed by atoms with Crippen molar-refractivity contribution in [2.24, 2.45) is 0 Å². The Morgan fingerprint density at radius 1 is 0.917 bits per heavy atom. The number of anilines is 1. The highest BCUT2D eigenvalue weighted by Gasteiger charge is 2.21. The number of fused-ring (bicyclic) bond motifs is 1. The van der Waals surface area contributed by atoms with Crippen LogP contribution < -0.4 is 15.4 Å². The molecule has 0 aliphatic carbocycles. The van der Waals surface area contributed by atoms with E-state index in [9.17, 15) is 18.0 Å². The van der Waals surface area contributed by atoms with E-state index in [4.69, 9.17) is 11.6 Å². The minimum Gasteiger partial charge on any atom is -0.316 e. The van der Waals surface area contributed by atoms with Crippen LogP contribution in [-0.4, -0.2) is 25.4 Å². The van der Waals surface area contributed by atoms with Crippen LogP contribution in [0.4, 0.5) is 5.69 Å². The standard InChI is InChI=1S/C15H12ClN3O4S/c1-19(10-4-2-9(16)3-5-10)24(22,23)11-6-7-12-13(8-11)18-15(21)14(20)17-12/h2-8H,1H3,(H,17,20)(H,18,21). The quantitative estimate of drug-likeness (QED) is 0.689. The van der Waals surface area contributed by atoms with Gasteiger partial charge in [0.15, 0.2) is 0 Å². The number of hydrogen-bond donors (Lipinski definition) is 2. The monoisotopic (exact) mass is 365 g/mol. The Labute approximate surface area is 141 Å². The molecule has 2 N–H and O–H groups in total. The fourth-order valence-electron chi connectivity index (χ4n) is 2.20. The van der Waals surface area contributed by atoms with Crippen LogP contribution in [0.1, 0.15) is 0 Å². The third-order valence-electron chi connectivity index (χ3n) is 3.54. The summed E-state index contributed by atoms with van der Waals surface area (Å²) in [7, 11) is -2.43. The Morgan fingerprint density at radius 2 is 1.50 bits per heavy atom. The highest BCUT2D eigenvalue weighted by atomic mass is 35.5. The zero-order valence-electron chi connectivity index (χ0n) is 12.4. The van der Waals surface area contributed by atoms with Crippen molar-refractivity contribution < 1.29 is 8.42 Å². The van der Waals surface area contributed by atoms with Gasteiger partial charge in [-0.15, -0.1) is 0 Å². The molecule has 0 atom stereocenters. The fourth-order valence-corrected chi connectivity index (χ4v) is 3.55. The van der Waals surface area contributed by atoms with Crippen molar-refractivity contribution in [1.82, 2.24) is 9.97 Å². The summed E-state index contributed by atoms with van der Waals surface area (Å²) in [5.41, 5.74) is -0.633. The topological polar surface area (TPSA) is 103 Å². The van der Waals surface area contributed by atoms with Gasteiger partial charge < -0.3 is 9.97 Å². The van der Waals surface area contributed by atoms with Crippen molar-refractivity contribution in [3.63, 3.8) is 0 Å². The molecule has 1 heterocycles. The van der Waals surface area contributed by atoms with Crippen LogP contribution >= 0.6 is 11.6 Å². The van der Waals surface area contributed by atoms with Gasteiger partial charge in [0.25, 0.3) is 10.0 Å². The number of aromatic amines is 2. The van der Waals surface area contributed by atoms with E-state index in [0.29, 0.717) is 16.2 Å². The summed E-state index contributed by atoms with van der Waals surface area (Å²) in [5.74, 6) is 0. The molecular weight excluding hydrogens is 354 g/mol. The van der Waals surface area contributed by atoms with Crippen molar-refractivity contribution in [3.05, 3.63) is 68.2 Å². The van der Waals surface area contributed by atoms with E-state index in [-0.39, 0.29) is 10.4 Å². The van der Waals surface area contributed by atoms with E-state index in [0.717, 1.165) is 4.31 Å². The van der Waals surface area contributed by atoms with Gasteiger partial charge in [-0.3, -0.25) is 13.9 Å². The lowest BCUT2D eigenvalue weighted by Gasteiger charge is -2.19.